The molecule has 0 radical (unpaired) electrons. The number of β-amino-alcohol motifs (C(OH)–C–C–N with tert-alkyl or cyclic N) is 1. The monoisotopic (exact) mass is 170 g/mol. The Morgan fingerprint density at radius 1 is 1.58 bits per heavy atom. The van der Waals surface area contributed by atoms with Gasteiger partial charge >= 0.3 is 0 Å². The second-order valence-electron chi connectivity index (χ2n) is 3.13. The third-order valence-electron chi connectivity index (χ3n) is 2.23. The van der Waals surface area contributed by atoms with Crippen molar-refractivity contribution >= 4 is 0 Å². The topological polar surface area (TPSA) is 67.5 Å². The zero-order valence-corrected chi connectivity index (χ0v) is 6.98. The van der Waals surface area contributed by atoms with E-state index >= 15 is 0 Å². The first kappa shape index (κ1) is 9.46. The van der Waals surface area contributed by atoms with Crippen molar-refractivity contribution in [2.75, 3.05) is 19.7 Å². The maximum atomic E-state index is 9.26. The molecule has 4 heteroatoms. The number of hydrogen-bond donors (Lipinski definition) is 2. The molecule has 1 heterocycles. The van der Waals surface area contributed by atoms with Crippen molar-refractivity contribution < 1.29 is 10.2 Å². The van der Waals surface area contributed by atoms with Crippen molar-refractivity contribution in [1.29, 1.82) is 5.26 Å². The summed E-state index contributed by atoms with van der Waals surface area (Å²) in [5.41, 5.74) is 0. The standard InChI is InChI=1S/C8H14N2O2/c9-2-1-3-10-5-8(12)4-7(10)6-11/h7-8,11-12H,1,3-6H2/t7-,8-/m0/s1. The van der Waals surface area contributed by atoms with E-state index in [0.717, 1.165) is 0 Å². The third kappa shape index (κ3) is 2.18. The van der Waals surface area contributed by atoms with Crippen LogP contribution in [-0.4, -0.2) is 47.0 Å². The quantitative estimate of drug-likeness (QED) is 0.589. The number of nitrogens with zero attached hydrogens (tertiary/aromatic N) is 2. The van der Waals surface area contributed by atoms with Crippen molar-refractivity contribution in [2.24, 2.45) is 0 Å². The van der Waals surface area contributed by atoms with Gasteiger partial charge in [-0.1, -0.05) is 0 Å². The van der Waals surface area contributed by atoms with Gasteiger partial charge in [-0.25, -0.2) is 0 Å². The van der Waals surface area contributed by atoms with Gasteiger partial charge in [-0.3, -0.25) is 4.90 Å². The summed E-state index contributed by atoms with van der Waals surface area (Å²) in [5.74, 6) is 0. The van der Waals surface area contributed by atoms with E-state index in [-0.39, 0.29) is 18.8 Å². The summed E-state index contributed by atoms with van der Waals surface area (Å²) in [4.78, 5) is 1.97. The molecule has 2 N–H and O–H groups in total. The van der Waals surface area contributed by atoms with Crippen LogP contribution in [0.15, 0.2) is 0 Å². The Balaban J connectivity index is 2.36. The summed E-state index contributed by atoms with van der Waals surface area (Å²) in [7, 11) is 0. The van der Waals surface area contributed by atoms with Crippen molar-refractivity contribution in [1.82, 2.24) is 4.90 Å². The molecule has 2 atom stereocenters. The minimum absolute atomic E-state index is 0.0494. The van der Waals surface area contributed by atoms with Crippen LogP contribution in [0.3, 0.4) is 0 Å². The molecular weight excluding hydrogens is 156 g/mol. The second kappa shape index (κ2) is 4.41. The van der Waals surface area contributed by atoms with E-state index in [1.165, 1.54) is 0 Å². The Bertz CT molecular complexity index is 178. The van der Waals surface area contributed by atoms with Gasteiger partial charge < -0.3 is 10.2 Å². The van der Waals surface area contributed by atoms with Crippen molar-refractivity contribution in [3.8, 4) is 6.07 Å². The summed E-state index contributed by atoms with van der Waals surface area (Å²) in [6, 6.07) is 2.10. The Morgan fingerprint density at radius 2 is 2.33 bits per heavy atom. The van der Waals surface area contributed by atoms with Crippen LogP contribution >= 0.6 is 0 Å². The first-order valence-corrected chi connectivity index (χ1v) is 4.18. The van der Waals surface area contributed by atoms with Crippen LogP contribution in [-0.2, 0) is 0 Å². The molecule has 0 aromatic carbocycles. The molecule has 4 nitrogen and oxygen atoms in total. The van der Waals surface area contributed by atoms with Crippen molar-refractivity contribution in [3.63, 3.8) is 0 Å². The molecule has 0 amide bonds. The highest BCUT2D eigenvalue weighted by molar-refractivity contribution is 4.86. The summed E-state index contributed by atoms with van der Waals surface area (Å²) in [6.45, 7) is 1.31. The maximum absolute atomic E-state index is 9.26. The summed E-state index contributed by atoms with van der Waals surface area (Å²) in [6.07, 6.45) is 0.756. The summed E-state index contributed by atoms with van der Waals surface area (Å²) >= 11 is 0. The maximum Gasteiger partial charge on any atom is 0.0683 e. The largest absolute Gasteiger partial charge is 0.395 e. The lowest BCUT2D eigenvalue weighted by molar-refractivity contribution is 0.158. The van der Waals surface area contributed by atoms with Crippen LogP contribution in [0.4, 0.5) is 0 Å². The first-order valence-electron chi connectivity index (χ1n) is 4.18. The third-order valence-corrected chi connectivity index (χ3v) is 2.23. The molecule has 12 heavy (non-hydrogen) atoms. The fourth-order valence-electron chi connectivity index (χ4n) is 1.61. The lowest BCUT2D eigenvalue weighted by Crippen LogP contribution is -2.33. The second-order valence-corrected chi connectivity index (χ2v) is 3.13. The normalized spacial score (nSPS) is 30.4. The molecule has 1 fully saturated rings. The van der Waals surface area contributed by atoms with E-state index in [0.29, 0.717) is 25.9 Å². The molecule has 1 saturated heterocycles. The van der Waals surface area contributed by atoms with Crippen LogP contribution in [0, 0.1) is 11.3 Å². The average Bonchev–Trinajstić information content (AvgIpc) is 2.42. The number of aliphatic hydroxyl groups excluding tert-OH is 2. The molecule has 0 spiro atoms. The smallest absolute Gasteiger partial charge is 0.0683 e. The van der Waals surface area contributed by atoms with Gasteiger partial charge in [0.2, 0.25) is 0 Å². The van der Waals surface area contributed by atoms with E-state index in [9.17, 15) is 5.11 Å². The Morgan fingerprint density at radius 3 is 2.92 bits per heavy atom. The molecule has 68 valence electrons. The Hall–Kier alpha value is -0.630. The number of hydrogen-bond acceptors (Lipinski definition) is 4. The van der Waals surface area contributed by atoms with Crippen LogP contribution in [0.5, 0.6) is 0 Å². The molecule has 1 aliphatic heterocycles. The minimum Gasteiger partial charge on any atom is -0.395 e. The molecule has 0 aliphatic carbocycles. The average molecular weight is 170 g/mol. The SMILES string of the molecule is N#CCCN1C[C@@H](O)C[C@H]1CO. The van der Waals surface area contributed by atoms with E-state index in [1.54, 1.807) is 0 Å². The molecule has 0 aromatic heterocycles. The van der Waals surface area contributed by atoms with Gasteiger partial charge in [-0.2, -0.15) is 5.26 Å². The van der Waals surface area contributed by atoms with E-state index in [1.807, 2.05) is 11.0 Å². The molecule has 0 bridgehead atoms. The van der Waals surface area contributed by atoms with Gasteiger partial charge in [0.1, 0.15) is 0 Å². The van der Waals surface area contributed by atoms with Crippen LogP contribution < -0.4 is 0 Å². The Kier molecular flexibility index (Phi) is 3.48. The summed E-state index contributed by atoms with van der Waals surface area (Å²) in [5, 5.41) is 26.5. The number of aliphatic hydroxyl groups is 2. The van der Waals surface area contributed by atoms with Crippen LogP contribution in [0.2, 0.25) is 0 Å². The predicted octanol–water partition coefficient (Wildman–Crippen LogP) is -0.672. The molecule has 0 saturated carbocycles. The van der Waals surface area contributed by atoms with Crippen molar-refractivity contribution in [2.45, 2.75) is 25.0 Å². The fraction of sp³-hybridized carbons (Fsp3) is 0.875. The fourth-order valence-corrected chi connectivity index (χ4v) is 1.61. The van der Waals surface area contributed by atoms with Crippen molar-refractivity contribution in [3.05, 3.63) is 0 Å². The Labute approximate surface area is 72.0 Å². The highest BCUT2D eigenvalue weighted by Gasteiger charge is 2.29. The van der Waals surface area contributed by atoms with E-state index in [4.69, 9.17) is 10.4 Å². The van der Waals surface area contributed by atoms with E-state index in [2.05, 4.69) is 0 Å². The molecule has 1 rings (SSSR count). The lowest BCUT2D eigenvalue weighted by Gasteiger charge is -2.20. The van der Waals surface area contributed by atoms with Crippen LogP contribution in [0.1, 0.15) is 12.8 Å². The molecule has 1 aliphatic rings. The number of rotatable bonds is 3. The number of nitriles is 1. The van der Waals surface area contributed by atoms with Gasteiger partial charge in [0, 0.05) is 25.6 Å². The van der Waals surface area contributed by atoms with Gasteiger partial charge in [-0.15, -0.1) is 0 Å². The van der Waals surface area contributed by atoms with Gasteiger partial charge in [0.25, 0.3) is 0 Å². The van der Waals surface area contributed by atoms with Crippen LogP contribution in [0.25, 0.3) is 0 Å². The predicted molar refractivity (Wildman–Crippen MR) is 43.3 cm³/mol. The number of likely N-dealkylation sites (tertiary alicyclic amines) is 1. The zero-order chi connectivity index (χ0) is 8.97. The molecule has 0 aromatic rings. The molecule has 0 unspecified atom stereocenters. The highest BCUT2D eigenvalue weighted by Crippen LogP contribution is 2.16. The zero-order valence-electron chi connectivity index (χ0n) is 6.98. The highest BCUT2D eigenvalue weighted by atomic mass is 16.3. The van der Waals surface area contributed by atoms with E-state index < -0.39 is 0 Å². The first-order chi connectivity index (χ1) is 5.77. The summed E-state index contributed by atoms with van der Waals surface area (Å²) < 4.78 is 0. The lowest BCUT2D eigenvalue weighted by atomic mass is 10.2. The van der Waals surface area contributed by atoms with Gasteiger partial charge in [0.15, 0.2) is 0 Å². The minimum atomic E-state index is -0.333. The van der Waals surface area contributed by atoms with Gasteiger partial charge in [-0.05, 0) is 6.42 Å². The van der Waals surface area contributed by atoms with Gasteiger partial charge in [0.05, 0.1) is 18.8 Å². The molecular formula is C8H14N2O2.